The number of aryl methyl sites for hydroxylation is 2. The SMILES string of the molecule is Cc1ccc(/C=C/c2ccc(N(c3ccc(C)cc3)c3c4ccccc4c4c5cccc6cccc(c7cccc3c74)c65)cc2)cc1. The van der Waals surface area contributed by atoms with Gasteiger partial charge < -0.3 is 4.90 Å². The van der Waals surface area contributed by atoms with Gasteiger partial charge >= 0.3 is 0 Å². The molecule has 0 amide bonds. The maximum atomic E-state index is 2.46. The maximum absolute atomic E-state index is 2.46. The van der Waals surface area contributed by atoms with Crippen molar-refractivity contribution in [1.82, 2.24) is 0 Å². The van der Waals surface area contributed by atoms with Crippen molar-refractivity contribution in [2.75, 3.05) is 4.90 Å². The van der Waals surface area contributed by atoms with Crippen LogP contribution in [0.4, 0.5) is 17.1 Å². The Balaban J connectivity index is 1.33. The zero-order valence-electron chi connectivity index (χ0n) is 26.5. The van der Waals surface area contributed by atoms with Crippen molar-refractivity contribution in [3.05, 3.63) is 174 Å². The average Bonchev–Trinajstić information content (AvgIpc) is 3.12. The first-order chi connectivity index (χ1) is 23.1. The van der Waals surface area contributed by atoms with Crippen molar-refractivity contribution in [3.63, 3.8) is 0 Å². The van der Waals surface area contributed by atoms with Gasteiger partial charge in [0.15, 0.2) is 0 Å². The second-order valence-electron chi connectivity index (χ2n) is 12.7. The van der Waals surface area contributed by atoms with E-state index in [-0.39, 0.29) is 0 Å². The molecule has 0 aromatic heterocycles. The molecule has 0 saturated heterocycles. The van der Waals surface area contributed by atoms with Gasteiger partial charge in [0.05, 0.1) is 5.69 Å². The molecule has 0 fully saturated rings. The fraction of sp³-hybridized carbons (Fsp3) is 0.0435. The predicted molar refractivity (Wildman–Crippen MR) is 205 cm³/mol. The van der Waals surface area contributed by atoms with E-state index in [1.165, 1.54) is 81.8 Å². The van der Waals surface area contributed by atoms with Crippen LogP contribution >= 0.6 is 0 Å². The van der Waals surface area contributed by atoms with Crippen LogP contribution in [0.5, 0.6) is 0 Å². The number of nitrogens with zero attached hydrogens (tertiary/aromatic N) is 1. The first-order valence-electron chi connectivity index (χ1n) is 16.4. The summed E-state index contributed by atoms with van der Waals surface area (Å²) in [7, 11) is 0. The molecule has 0 N–H and O–H groups in total. The Morgan fingerprint density at radius 1 is 0.362 bits per heavy atom. The van der Waals surface area contributed by atoms with Gasteiger partial charge in [0, 0.05) is 27.5 Å². The van der Waals surface area contributed by atoms with E-state index >= 15 is 0 Å². The number of benzene rings is 9. The molecule has 9 aromatic rings. The van der Waals surface area contributed by atoms with Crippen LogP contribution < -0.4 is 4.90 Å². The van der Waals surface area contributed by atoms with E-state index in [1.54, 1.807) is 0 Å². The first-order valence-corrected chi connectivity index (χ1v) is 16.4. The number of rotatable bonds is 5. The van der Waals surface area contributed by atoms with Gasteiger partial charge in [-0.1, -0.05) is 151 Å². The van der Waals surface area contributed by atoms with Crippen LogP contribution in [0, 0.1) is 13.8 Å². The summed E-state index contributed by atoms with van der Waals surface area (Å²) in [6, 6.07) is 55.9. The number of hydrogen-bond donors (Lipinski definition) is 0. The Labute approximate surface area is 275 Å². The van der Waals surface area contributed by atoms with Crippen LogP contribution in [0.25, 0.3) is 66.0 Å². The maximum Gasteiger partial charge on any atom is 0.0619 e. The molecule has 0 radical (unpaired) electrons. The lowest BCUT2D eigenvalue weighted by atomic mass is 9.86. The Kier molecular flexibility index (Phi) is 6.33. The molecule has 9 rings (SSSR count). The summed E-state index contributed by atoms with van der Waals surface area (Å²) in [6.45, 7) is 4.28. The summed E-state index contributed by atoms with van der Waals surface area (Å²) in [4.78, 5) is 2.46. The summed E-state index contributed by atoms with van der Waals surface area (Å²) in [6.07, 6.45) is 4.38. The van der Waals surface area contributed by atoms with E-state index in [1.807, 2.05) is 0 Å². The lowest BCUT2D eigenvalue weighted by molar-refractivity contribution is 1.30. The molecule has 9 aromatic carbocycles. The fourth-order valence-electron chi connectivity index (χ4n) is 7.43. The standard InChI is InChI=1S/C46H33N/c1-30-16-20-32(21-17-30)22-23-33-24-28-36(29-25-33)47(35-26-18-31(2)19-27-35)46-40-11-4-3-10-39(40)44-41-14-6-9-34-8-5-12-37(43(34)41)38-13-7-15-42(46)45(38)44/h3-29H,1-2H3/b23-22+. The molecule has 0 bridgehead atoms. The Morgan fingerprint density at radius 2 is 0.787 bits per heavy atom. The molecule has 0 aliphatic rings. The predicted octanol–water partition coefficient (Wildman–Crippen LogP) is 13.1. The van der Waals surface area contributed by atoms with Gasteiger partial charge in [0.1, 0.15) is 0 Å². The van der Waals surface area contributed by atoms with Gasteiger partial charge in [-0.15, -0.1) is 0 Å². The van der Waals surface area contributed by atoms with Gasteiger partial charge in [0.2, 0.25) is 0 Å². The number of anilines is 3. The minimum Gasteiger partial charge on any atom is -0.309 e. The third-order valence-corrected chi connectivity index (χ3v) is 9.70. The van der Waals surface area contributed by atoms with Crippen molar-refractivity contribution >= 4 is 83.1 Å². The highest BCUT2D eigenvalue weighted by Gasteiger charge is 2.23. The molecule has 222 valence electrons. The second-order valence-corrected chi connectivity index (χ2v) is 12.7. The van der Waals surface area contributed by atoms with Crippen LogP contribution in [-0.2, 0) is 0 Å². The number of fused-ring (bicyclic) bond motifs is 4. The molecule has 47 heavy (non-hydrogen) atoms. The highest BCUT2D eigenvalue weighted by atomic mass is 15.1. The topological polar surface area (TPSA) is 3.24 Å². The molecule has 0 spiro atoms. The molecule has 0 heterocycles. The van der Waals surface area contributed by atoms with Gasteiger partial charge in [-0.2, -0.15) is 0 Å². The molecule has 0 aliphatic heterocycles. The summed E-state index contributed by atoms with van der Waals surface area (Å²) < 4.78 is 0. The van der Waals surface area contributed by atoms with E-state index in [0.29, 0.717) is 0 Å². The van der Waals surface area contributed by atoms with Crippen LogP contribution in [0.15, 0.2) is 152 Å². The van der Waals surface area contributed by atoms with E-state index < -0.39 is 0 Å². The van der Waals surface area contributed by atoms with E-state index in [0.717, 1.165) is 11.4 Å². The van der Waals surface area contributed by atoms with Crippen molar-refractivity contribution < 1.29 is 0 Å². The lowest BCUT2D eigenvalue weighted by Crippen LogP contribution is -2.11. The summed E-state index contributed by atoms with van der Waals surface area (Å²) in [5, 5.41) is 13.0. The van der Waals surface area contributed by atoms with Gasteiger partial charge in [-0.3, -0.25) is 0 Å². The van der Waals surface area contributed by atoms with Gasteiger partial charge in [-0.25, -0.2) is 0 Å². The molecular formula is C46H33N. The van der Waals surface area contributed by atoms with E-state index in [4.69, 9.17) is 0 Å². The zero-order chi connectivity index (χ0) is 31.5. The molecule has 0 atom stereocenters. The molecule has 0 saturated carbocycles. The van der Waals surface area contributed by atoms with Crippen LogP contribution in [0.1, 0.15) is 22.3 Å². The smallest absolute Gasteiger partial charge is 0.0619 e. The zero-order valence-corrected chi connectivity index (χ0v) is 26.5. The van der Waals surface area contributed by atoms with E-state index in [2.05, 4.69) is 183 Å². The quantitative estimate of drug-likeness (QED) is 0.108. The summed E-state index contributed by atoms with van der Waals surface area (Å²) in [5.74, 6) is 0. The second kappa shape index (κ2) is 10.9. The molecule has 1 heteroatoms. The van der Waals surface area contributed by atoms with Crippen molar-refractivity contribution in [2.24, 2.45) is 0 Å². The van der Waals surface area contributed by atoms with Crippen LogP contribution in [0.2, 0.25) is 0 Å². The Bertz CT molecular complexity index is 2600. The lowest BCUT2D eigenvalue weighted by Gasteiger charge is -2.30. The average molecular weight is 600 g/mol. The third kappa shape index (κ3) is 4.47. The van der Waals surface area contributed by atoms with Crippen molar-refractivity contribution in [3.8, 4) is 0 Å². The molecule has 0 unspecified atom stereocenters. The monoisotopic (exact) mass is 599 g/mol. The minimum absolute atomic E-state index is 1.13. The largest absolute Gasteiger partial charge is 0.309 e. The third-order valence-electron chi connectivity index (χ3n) is 9.70. The Hall–Kier alpha value is -5.92. The number of hydrogen-bond acceptors (Lipinski definition) is 1. The van der Waals surface area contributed by atoms with Crippen LogP contribution in [0.3, 0.4) is 0 Å². The minimum atomic E-state index is 1.13. The summed E-state index contributed by atoms with van der Waals surface area (Å²) in [5.41, 5.74) is 8.37. The first kappa shape index (κ1) is 27.4. The van der Waals surface area contributed by atoms with E-state index in [9.17, 15) is 0 Å². The Morgan fingerprint density at radius 3 is 1.45 bits per heavy atom. The molecule has 1 nitrogen and oxygen atoms in total. The molecular weight excluding hydrogens is 567 g/mol. The van der Waals surface area contributed by atoms with Crippen LogP contribution in [-0.4, -0.2) is 0 Å². The molecule has 0 aliphatic carbocycles. The van der Waals surface area contributed by atoms with Crippen molar-refractivity contribution in [2.45, 2.75) is 13.8 Å². The highest BCUT2D eigenvalue weighted by Crippen LogP contribution is 2.50. The van der Waals surface area contributed by atoms with Gasteiger partial charge in [-0.05, 0) is 86.9 Å². The van der Waals surface area contributed by atoms with Crippen molar-refractivity contribution in [1.29, 1.82) is 0 Å². The normalized spacial score (nSPS) is 12.0. The fourth-order valence-corrected chi connectivity index (χ4v) is 7.43. The van der Waals surface area contributed by atoms with Gasteiger partial charge in [0.25, 0.3) is 0 Å². The summed E-state index contributed by atoms with van der Waals surface area (Å²) >= 11 is 0. The highest BCUT2D eigenvalue weighted by molar-refractivity contribution is 6.40.